The highest BCUT2D eigenvalue weighted by atomic mass is 35.5. The number of aryl methyl sites for hydroxylation is 1. The number of carboxylic acid groups (broad SMARTS) is 1. The molecule has 8 heteroatoms. The molecule has 0 atom stereocenters. The minimum atomic E-state index is -0.720. The van der Waals surface area contributed by atoms with Crippen molar-refractivity contribution in [3.05, 3.63) is 45.8 Å². The number of halogens is 1. The number of benzene rings is 1. The molecule has 1 aliphatic rings. The summed E-state index contributed by atoms with van der Waals surface area (Å²) in [5, 5.41) is 14.2. The van der Waals surface area contributed by atoms with Crippen LogP contribution in [0.15, 0.2) is 30.3 Å². The van der Waals surface area contributed by atoms with Crippen LogP contribution in [0.3, 0.4) is 0 Å². The van der Waals surface area contributed by atoms with Crippen molar-refractivity contribution in [1.29, 1.82) is 0 Å². The maximum atomic E-state index is 11.2. The van der Waals surface area contributed by atoms with Gasteiger partial charge in [-0.1, -0.05) is 41.9 Å². The third-order valence-corrected chi connectivity index (χ3v) is 6.66. The van der Waals surface area contributed by atoms with Crippen LogP contribution in [0.2, 0.25) is 5.02 Å². The normalized spacial score (nSPS) is 15.1. The fourth-order valence-corrected chi connectivity index (χ4v) is 4.70. The van der Waals surface area contributed by atoms with E-state index in [9.17, 15) is 9.90 Å². The molecular weight excluding hydrogens is 396 g/mol. The van der Waals surface area contributed by atoms with Crippen molar-refractivity contribution in [3.63, 3.8) is 0 Å². The van der Waals surface area contributed by atoms with Crippen molar-refractivity contribution < 1.29 is 9.90 Å². The zero-order valence-corrected chi connectivity index (χ0v) is 17.1. The molecule has 6 nitrogen and oxygen atoms in total. The maximum Gasteiger partial charge on any atom is 0.306 e. The van der Waals surface area contributed by atoms with Crippen molar-refractivity contribution in [1.82, 2.24) is 9.97 Å². The van der Waals surface area contributed by atoms with Gasteiger partial charge in [-0.15, -0.1) is 11.3 Å². The van der Waals surface area contributed by atoms with Crippen molar-refractivity contribution >= 4 is 50.9 Å². The van der Waals surface area contributed by atoms with Gasteiger partial charge in [0, 0.05) is 24.5 Å². The van der Waals surface area contributed by atoms with E-state index in [2.05, 4.69) is 22.3 Å². The Balaban J connectivity index is 1.64. The highest BCUT2D eigenvalue weighted by Crippen LogP contribution is 2.39. The van der Waals surface area contributed by atoms with Gasteiger partial charge in [-0.05, 0) is 25.3 Å². The number of aromatic nitrogens is 2. The van der Waals surface area contributed by atoms with Gasteiger partial charge in [0.2, 0.25) is 5.95 Å². The summed E-state index contributed by atoms with van der Waals surface area (Å²) in [7, 11) is 0. The number of fused-ring (bicyclic) bond motifs is 1. The van der Waals surface area contributed by atoms with E-state index >= 15 is 0 Å². The number of hydrogen-bond acceptors (Lipinski definition) is 6. The monoisotopic (exact) mass is 416 g/mol. The zero-order valence-electron chi connectivity index (χ0n) is 15.5. The first-order valence-electron chi connectivity index (χ1n) is 9.25. The number of hydrogen-bond donors (Lipinski definition) is 2. The molecule has 0 amide bonds. The molecule has 3 aromatic rings. The molecule has 0 unspecified atom stereocenters. The van der Waals surface area contributed by atoms with Gasteiger partial charge in [0.15, 0.2) is 0 Å². The van der Waals surface area contributed by atoms with Gasteiger partial charge in [-0.25, -0.2) is 4.98 Å². The van der Waals surface area contributed by atoms with E-state index in [1.165, 1.54) is 0 Å². The minimum absolute atomic E-state index is 0.283. The van der Waals surface area contributed by atoms with Gasteiger partial charge in [-0.3, -0.25) is 4.79 Å². The van der Waals surface area contributed by atoms with Crippen molar-refractivity contribution in [2.24, 2.45) is 5.92 Å². The lowest BCUT2D eigenvalue weighted by atomic mass is 9.97. The van der Waals surface area contributed by atoms with Gasteiger partial charge < -0.3 is 15.3 Å². The number of rotatable bonds is 5. The molecule has 4 rings (SSSR count). The Morgan fingerprint density at radius 2 is 2.00 bits per heavy atom. The van der Waals surface area contributed by atoms with Gasteiger partial charge in [0.25, 0.3) is 0 Å². The smallest absolute Gasteiger partial charge is 0.306 e. The second-order valence-corrected chi connectivity index (χ2v) is 8.54. The van der Waals surface area contributed by atoms with Crippen LogP contribution in [0.25, 0.3) is 10.2 Å². The number of thiophene rings is 1. The van der Waals surface area contributed by atoms with Gasteiger partial charge in [0.1, 0.15) is 10.6 Å². The summed E-state index contributed by atoms with van der Waals surface area (Å²) >= 11 is 8.09. The second-order valence-electron chi connectivity index (χ2n) is 6.96. The summed E-state index contributed by atoms with van der Waals surface area (Å²) in [6, 6.07) is 10.1. The van der Waals surface area contributed by atoms with E-state index in [1.54, 1.807) is 11.3 Å². The van der Waals surface area contributed by atoms with E-state index in [1.807, 2.05) is 25.1 Å². The Hall–Kier alpha value is -2.38. The van der Waals surface area contributed by atoms with E-state index < -0.39 is 5.97 Å². The van der Waals surface area contributed by atoms with Crippen LogP contribution in [-0.4, -0.2) is 34.1 Å². The molecule has 1 aliphatic heterocycles. The topological polar surface area (TPSA) is 78.4 Å². The number of carboxylic acids is 1. The van der Waals surface area contributed by atoms with E-state index in [0.29, 0.717) is 43.4 Å². The van der Waals surface area contributed by atoms with E-state index in [4.69, 9.17) is 21.6 Å². The van der Waals surface area contributed by atoms with Gasteiger partial charge in [0.05, 0.1) is 16.3 Å². The summed E-state index contributed by atoms with van der Waals surface area (Å²) in [5.41, 5.74) is 1.15. The summed E-state index contributed by atoms with van der Waals surface area (Å²) in [5.74, 6) is 0.347. The molecule has 2 aromatic heterocycles. The molecule has 2 N–H and O–H groups in total. The van der Waals surface area contributed by atoms with Crippen LogP contribution in [0.4, 0.5) is 11.8 Å². The van der Waals surface area contributed by atoms with Crippen LogP contribution in [0.5, 0.6) is 0 Å². The fraction of sp³-hybridized carbons (Fsp3) is 0.350. The first-order chi connectivity index (χ1) is 13.5. The predicted molar refractivity (Wildman–Crippen MR) is 114 cm³/mol. The number of piperidine rings is 1. The number of aliphatic carboxylic acids is 1. The number of anilines is 2. The minimum Gasteiger partial charge on any atom is -0.481 e. The second kappa shape index (κ2) is 7.93. The average molecular weight is 417 g/mol. The molecule has 146 valence electrons. The lowest BCUT2D eigenvalue weighted by molar-refractivity contribution is -0.142. The van der Waals surface area contributed by atoms with Crippen LogP contribution >= 0.6 is 22.9 Å². The zero-order chi connectivity index (χ0) is 19.7. The van der Waals surface area contributed by atoms with Crippen molar-refractivity contribution in [3.8, 4) is 0 Å². The van der Waals surface area contributed by atoms with Crippen LogP contribution < -0.4 is 10.2 Å². The van der Waals surface area contributed by atoms with E-state index in [-0.39, 0.29) is 5.92 Å². The average Bonchev–Trinajstić information content (AvgIpc) is 3.01. The Labute approximate surface area is 172 Å². The molecule has 1 fully saturated rings. The molecule has 0 spiro atoms. The molecule has 1 aromatic carbocycles. The summed E-state index contributed by atoms with van der Waals surface area (Å²) < 4.78 is 0. The fourth-order valence-electron chi connectivity index (χ4n) is 3.44. The molecule has 0 saturated carbocycles. The number of carbonyl (C=O) groups is 1. The van der Waals surface area contributed by atoms with Gasteiger partial charge >= 0.3 is 5.97 Å². The quantitative estimate of drug-likeness (QED) is 0.634. The first-order valence-corrected chi connectivity index (χ1v) is 10.4. The molecular formula is C20H21ClN4O2S. The molecule has 0 bridgehead atoms. The largest absolute Gasteiger partial charge is 0.481 e. The Bertz CT molecular complexity index is 1000. The Kier molecular flexibility index (Phi) is 5.37. The molecule has 0 radical (unpaired) electrons. The molecule has 3 heterocycles. The lowest BCUT2D eigenvalue weighted by Crippen LogP contribution is -2.37. The number of nitrogens with one attached hydrogen (secondary N) is 1. The van der Waals surface area contributed by atoms with Gasteiger partial charge in [-0.2, -0.15) is 4.98 Å². The van der Waals surface area contributed by atoms with E-state index in [0.717, 1.165) is 26.5 Å². The van der Waals surface area contributed by atoms with Crippen molar-refractivity contribution in [2.75, 3.05) is 23.3 Å². The first kappa shape index (κ1) is 19.0. The Morgan fingerprint density at radius 1 is 1.29 bits per heavy atom. The third kappa shape index (κ3) is 3.77. The maximum absolute atomic E-state index is 11.2. The standard InChI is InChI=1S/C20H21ClN4O2S/c1-12-16(21)15-17(22-11-13-5-3-2-4-6-13)23-20(24-18(15)28-12)25-9-7-14(8-10-25)19(26)27/h2-6,14H,7-11H2,1H3,(H,26,27)(H,22,23,24). The third-order valence-electron chi connectivity index (χ3n) is 5.07. The summed E-state index contributed by atoms with van der Waals surface area (Å²) in [6.45, 7) is 3.89. The summed E-state index contributed by atoms with van der Waals surface area (Å²) in [6.07, 6.45) is 1.21. The Morgan fingerprint density at radius 3 is 2.68 bits per heavy atom. The lowest BCUT2D eigenvalue weighted by Gasteiger charge is -2.30. The molecule has 1 saturated heterocycles. The molecule has 0 aliphatic carbocycles. The summed E-state index contributed by atoms with van der Waals surface area (Å²) in [4.78, 5) is 24.6. The number of nitrogens with zero attached hydrogens (tertiary/aromatic N) is 3. The SMILES string of the molecule is Cc1sc2nc(N3CCC(C(=O)O)CC3)nc(NCc3ccccc3)c2c1Cl. The highest BCUT2D eigenvalue weighted by Gasteiger charge is 2.27. The molecule has 28 heavy (non-hydrogen) atoms. The predicted octanol–water partition coefficient (Wildman–Crippen LogP) is 4.57. The van der Waals surface area contributed by atoms with Crippen LogP contribution in [0.1, 0.15) is 23.3 Å². The van der Waals surface area contributed by atoms with Crippen LogP contribution in [0, 0.1) is 12.8 Å². The highest BCUT2D eigenvalue weighted by molar-refractivity contribution is 7.19. The van der Waals surface area contributed by atoms with Crippen molar-refractivity contribution in [2.45, 2.75) is 26.3 Å². The van der Waals surface area contributed by atoms with Crippen LogP contribution in [-0.2, 0) is 11.3 Å².